The lowest BCUT2D eigenvalue weighted by Crippen LogP contribution is -2.36. The topological polar surface area (TPSA) is 84.3 Å². The zero-order valence-electron chi connectivity index (χ0n) is 14.3. The van der Waals surface area contributed by atoms with Crippen LogP contribution in [-0.2, 0) is 14.8 Å². The molecule has 3 rings (SSSR count). The molecule has 0 aromatic carbocycles. The Balaban J connectivity index is 1.61. The van der Waals surface area contributed by atoms with E-state index in [0.29, 0.717) is 25.6 Å². The SMILES string of the molecule is CC(C)n1nccc1S(=O)(=O)NCC1CC(=O)N(C2CCCC2)C1. The van der Waals surface area contributed by atoms with Crippen LogP contribution in [0.1, 0.15) is 52.0 Å². The maximum Gasteiger partial charge on any atom is 0.257 e. The van der Waals surface area contributed by atoms with Crippen LogP contribution >= 0.6 is 0 Å². The number of rotatable bonds is 6. The number of hydrogen-bond acceptors (Lipinski definition) is 4. The molecule has 1 unspecified atom stereocenters. The molecule has 1 aromatic heterocycles. The molecule has 0 radical (unpaired) electrons. The molecule has 1 N–H and O–H groups in total. The zero-order valence-corrected chi connectivity index (χ0v) is 15.1. The summed E-state index contributed by atoms with van der Waals surface area (Å²) in [5, 5.41) is 4.25. The van der Waals surface area contributed by atoms with Crippen LogP contribution in [0.2, 0.25) is 0 Å². The number of hydrogen-bond donors (Lipinski definition) is 1. The van der Waals surface area contributed by atoms with Gasteiger partial charge in [0.15, 0.2) is 5.03 Å². The van der Waals surface area contributed by atoms with Crippen molar-refractivity contribution < 1.29 is 13.2 Å². The summed E-state index contributed by atoms with van der Waals surface area (Å²) in [5.74, 6) is 0.210. The Morgan fingerprint density at radius 3 is 2.71 bits per heavy atom. The first kappa shape index (κ1) is 17.4. The molecule has 1 atom stereocenters. The summed E-state index contributed by atoms with van der Waals surface area (Å²) in [6, 6.07) is 1.84. The largest absolute Gasteiger partial charge is 0.339 e. The van der Waals surface area contributed by atoms with Gasteiger partial charge in [-0.25, -0.2) is 13.1 Å². The van der Waals surface area contributed by atoms with Gasteiger partial charge in [-0.15, -0.1) is 0 Å². The maximum atomic E-state index is 12.5. The summed E-state index contributed by atoms with van der Waals surface area (Å²) in [5.41, 5.74) is 0. The van der Waals surface area contributed by atoms with Crippen molar-refractivity contribution in [1.29, 1.82) is 0 Å². The molecule has 2 fully saturated rings. The summed E-state index contributed by atoms with van der Waals surface area (Å²) in [6.45, 7) is 4.73. The number of aromatic nitrogens is 2. The molecule has 0 spiro atoms. The van der Waals surface area contributed by atoms with Crippen LogP contribution in [-0.4, -0.2) is 48.1 Å². The lowest BCUT2D eigenvalue weighted by atomic mass is 10.1. The van der Waals surface area contributed by atoms with Crippen molar-refractivity contribution in [2.24, 2.45) is 5.92 Å². The van der Waals surface area contributed by atoms with Crippen molar-refractivity contribution in [2.45, 2.75) is 63.1 Å². The van der Waals surface area contributed by atoms with Gasteiger partial charge < -0.3 is 4.90 Å². The van der Waals surface area contributed by atoms with E-state index in [4.69, 9.17) is 0 Å². The van der Waals surface area contributed by atoms with Crippen LogP contribution in [0.3, 0.4) is 0 Å². The summed E-state index contributed by atoms with van der Waals surface area (Å²) in [4.78, 5) is 14.2. The van der Waals surface area contributed by atoms with Gasteiger partial charge in [0.25, 0.3) is 10.0 Å². The summed E-state index contributed by atoms with van der Waals surface area (Å²) in [6.07, 6.45) is 6.46. The van der Waals surface area contributed by atoms with E-state index in [9.17, 15) is 13.2 Å². The molecule has 1 saturated heterocycles. The van der Waals surface area contributed by atoms with E-state index >= 15 is 0 Å². The number of nitrogens with zero attached hydrogens (tertiary/aromatic N) is 3. The molecule has 1 amide bonds. The van der Waals surface area contributed by atoms with Crippen LogP contribution in [0.5, 0.6) is 0 Å². The standard InChI is InChI=1S/C16H26N4O3S/c1-12(2)20-16(7-8-17-20)24(22,23)18-10-13-9-15(21)19(11-13)14-5-3-4-6-14/h7-8,12-14,18H,3-6,9-11H2,1-2H3. The van der Waals surface area contributed by atoms with E-state index in [1.165, 1.54) is 29.8 Å². The third-order valence-corrected chi connectivity index (χ3v) is 6.38. The Labute approximate surface area is 143 Å². The molecular formula is C16H26N4O3S. The molecule has 24 heavy (non-hydrogen) atoms. The predicted molar refractivity (Wildman–Crippen MR) is 89.9 cm³/mol. The lowest BCUT2D eigenvalue weighted by Gasteiger charge is -2.24. The minimum atomic E-state index is -3.61. The molecule has 1 saturated carbocycles. The monoisotopic (exact) mass is 354 g/mol. The Hall–Kier alpha value is -1.41. The minimum Gasteiger partial charge on any atom is -0.339 e. The molecule has 1 aliphatic heterocycles. The molecule has 1 aromatic rings. The first-order chi connectivity index (χ1) is 11.4. The predicted octanol–water partition coefficient (Wildman–Crippen LogP) is 1.53. The average molecular weight is 354 g/mol. The molecule has 2 aliphatic rings. The Morgan fingerprint density at radius 1 is 1.33 bits per heavy atom. The smallest absolute Gasteiger partial charge is 0.257 e. The van der Waals surface area contributed by atoms with Gasteiger partial charge in [-0.2, -0.15) is 5.10 Å². The van der Waals surface area contributed by atoms with E-state index in [1.54, 1.807) is 0 Å². The van der Waals surface area contributed by atoms with E-state index in [-0.39, 0.29) is 22.9 Å². The van der Waals surface area contributed by atoms with Crippen LogP contribution in [0, 0.1) is 5.92 Å². The number of sulfonamides is 1. The zero-order chi connectivity index (χ0) is 17.3. The molecule has 7 nitrogen and oxygen atoms in total. The Kier molecular flexibility index (Phi) is 4.96. The van der Waals surface area contributed by atoms with E-state index in [0.717, 1.165) is 12.8 Å². The van der Waals surface area contributed by atoms with Crippen molar-refractivity contribution in [2.75, 3.05) is 13.1 Å². The van der Waals surface area contributed by atoms with E-state index < -0.39 is 10.0 Å². The number of likely N-dealkylation sites (tertiary alicyclic amines) is 1. The van der Waals surface area contributed by atoms with Gasteiger partial charge in [-0.05, 0) is 38.7 Å². The highest BCUT2D eigenvalue weighted by Crippen LogP contribution is 2.29. The summed E-state index contributed by atoms with van der Waals surface area (Å²) < 4.78 is 29.2. The van der Waals surface area contributed by atoms with E-state index in [1.807, 2.05) is 18.7 Å². The molecular weight excluding hydrogens is 328 g/mol. The van der Waals surface area contributed by atoms with Gasteiger partial charge in [0, 0.05) is 31.6 Å². The molecule has 1 aliphatic carbocycles. The van der Waals surface area contributed by atoms with Gasteiger partial charge in [-0.1, -0.05) is 12.8 Å². The fourth-order valence-electron chi connectivity index (χ4n) is 3.72. The minimum absolute atomic E-state index is 0.0301. The van der Waals surface area contributed by atoms with Gasteiger partial charge >= 0.3 is 0 Å². The summed E-state index contributed by atoms with van der Waals surface area (Å²) >= 11 is 0. The second-order valence-electron chi connectivity index (χ2n) is 7.11. The maximum absolute atomic E-state index is 12.5. The second-order valence-corrected chi connectivity index (χ2v) is 8.83. The first-order valence-corrected chi connectivity index (χ1v) is 10.2. The van der Waals surface area contributed by atoms with Crippen molar-refractivity contribution >= 4 is 15.9 Å². The fourth-order valence-corrected chi connectivity index (χ4v) is 5.07. The highest BCUT2D eigenvalue weighted by Gasteiger charge is 2.36. The van der Waals surface area contributed by atoms with Crippen molar-refractivity contribution in [3.63, 3.8) is 0 Å². The Morgan fingerprint density at radius 2 is 2.04 bits per heavy atom. The van der Waals surface area contributed by atoms with Crippen LogP contribution in [0.4, 0.5) is 0 Å². The molecule has 2 heterocycles. The third-order valence-electron chi connectivity index (χ3n) is 4.96. The third kappa shape index (κ3) is 3.49. The lowest BCUT2D eigenvalue weighted by molar-refractivity contribution is -0.129. The first-order valence-electron chi connectivity index (χ1n) is 8.71. The number of amides is 1. The number of carbonyl (C=O) groups is 1. The average Bonchev–Trinajstić information content (AvgIpc) is 3.25. The number of nitrogens with one attached hydrogen (secondary N) is 1. The van der Waals surface area contributed by atoms with Gasteiger partial charge in [0.05, 0.1) is 6.20 Å². The highest BCUT2D eigenvalue weighted by atomic mass is 32.2. The van der Waals surface area contributed by atoms with Gasteiger partial charge in [0.2, 0.25) is 5.91 Å². The molecule has 134 valence electrons. The second kappa shape index (κ2) is 6.84. The van der Waals surface area contributed by atoms with Crippen LogP contribution in [0.15, 0.2) is 17.3 Å². The summed E-state index contributed by atoms with van der Waals surface area (Å²) in [7, 11) is -3.61. The fraction of sp³-hybridized carbons (Fsp3) is 0.750. The van der Waals surface area contributed by atoms with Gasteiger partial charge in [-0.3, -0.25) is 9.48 Å². The normalized spacial score (nSPS) is 22.9. The number of carbonyl (C=O) groups excluding carboxylic acids is 1. The van der Waals surface area contributed by atoms with Crippen molar-refractivity contribution in [3.05, 3.63) is 12.3 Å². The van der Waals surface area contributed by atoms with Crippen molar-refractivity contribution in [1.82, 2.24) is 19.4 Å². The highest BCUT2D eigenvalue weighted by molar-refractivity contribution is 7.89. The Bertz CT molecular complexity index is 692. The van der Waals surface area contributed by atoms with Crippen molar-refractivity contribution in [3.8, 4) is 0 Å². The quantitative estimate of drug-likeness (QED) is 0.840. The molecule has 0 bridgehead atoms. The van der Waals surface area contributed by atoms with Crippen LogP contribution in [0.25, 0.3) is 0 Å². The van der Waals surface area contributed by atoms with Gasteiger partial charge in [0.1, 0.15) is 0 Å². The van der Waals surface area contributed by atoms with Crippen LogP contribution < -0.4 is 4.72 Å². The van der Waals surface area contributed by atoms with E-state index in [2.05, 4.69) is 9.82 Å². The molecule has 8 heteroatoms.